The Kier molecular flexibility index (Phi) is 3.78. The van der Waals surface area contributed by atoms with Gasteiger partial charge in [0, 0.05) is 0 Å². The number of carbonyl (C=O) groups excluding carboxylic acids is 1. The Morgan fingerprint density at radius 3 is 2.28 bits per heavy atom. The second-order valence-electron chi connectivity index (χ2n) is 4.48. The lowest BCUT2D eigenvalue weighted by Gasteiger charge is -2.09. The molecule has 0 aliphatic heterocycles. The van der Waals surface area contributed by atoms with Gasteiger partial charge in [-0.1, -0.05) is 38.1 Å². The molecule has 0 fully saturated rings. The summed E-state index contributed by atoms with van der Waals surface area (Å²) in [7, 11) is 0. The minimum absolute atomic E-state index is 0.501. The molecule has 0 heterocycles. The van der Waals surface area contributed by atoms with Crippen molar-refractivity contribution in [2.24, 2.45) is 0 Å². The third-order valence-corrected chi connectivity index (χ3v) is 2.82. The molecule has 0 saturated carbocycles. The van der Waals surface area contributed by atoms with Crippen LogP contribution in [0.2, 0.25) is 0 Å². The van der Waals surface area contributed by atoms with Gasteiger partial charge >= 0.3 is 0 Å². The number of ether oxygens (including phenoxy) is 1. The van der Waals surface area contributed by atoms with Crippen LogP contribution in [-0.2, 0) is 0 Å². The molecule has 0 aliphatic rings. The second kappa shape index (κ2) is 5.50. The highest BCUT2D eigenvalue weighted by atomic mass is 16.5. The highest BCUT2D eigenvalue weighted by Crippen LogP contribution is 2.25. The molecule has 0 radical (unpaired) electrons. The van der Waals surface area contributed by atoms with Crippen molar-refractivity contribution in [3.8, 4) is 11.5 Å². The van der Waals surface area contributed by atoms with E-state index in [2.05, 4.69) is 13.8 Å². The van der Waals surface area contributed by atoms with Gasteiger partial charge < -0.3 is 4.74 Å². The third-order valence-electron chi connectivity index (χ3n) is 2.82. The standard InChI is InChI=1S/C16H16O2/c1-12(2)13-7-9-15(10-8-13)18-16-6-4-3-5-14(16)11-17/h3-12H,1-2H3. The summed E-state index contributed by atoms with van der Waals surface area (Å²) >= 11 is 0. The van der Waals surface area contributed by atoms with Gasteiger partial charge in [-0.15, -0.1) is 0 Å². The minimum atomic E-state index is 0.501. The number of rotatable bonds is 4. The molecule has 0 bridgehead atoms. The number of hydrogen-bond acceptors (Lipinski definition) is 2. The lowest BCUT2D eigenvalue weighted by atomic mass is 10.0. The van der Waals surface area contributed by atoms with E-state index in [1.54, 1.807) is 12.1 Å². The first-order valence-electron chi connectivity index (χ1n) is 6.02. The summed E-state index contributed by atoms with van der Waals surface area (Å²) in [6, 6.07) is 15.1. The molecule has 18 heavy (non-hydrogen) atoms. The van der Waals surface area contributed by atoms with Crippen molar-refractivity contribution in [1.82, 2.24) is 0 Å². The van der Waals surface area contributed by atoms with Crippen molar-refractivity contribution in [2.75, 3.05) is 0 Å². The Morgan fingerprint density at radius 1 is 1.00 bits per heavy atom. The summed E-state index contributed by atoms with van der Waals surface area (Å²) in [4.78, 5) is 10.9. The fourth-order valence-corrected chi connectivity index (χ4v) is 1.72. The van der Waals surface area contributed by atoms with Gasteiger partial charge in [0.1, 0.15) is 11.5 Å². The van der Waals surface area contributed by atoms with Gasteiger partial charge in [-0.05, 0) is 35.7 Å². The van der Waals surface area contributed by atoms with Crippen molar-refractivity contribution in [3.05, 3.63) is 59.7 Å². The smallest absolute Gasteiger partial charge is 0.153 e. The number of para-hydroxylation sites is 1. The maximum atomic E-state index is 10.9. The first-order chi connectivity index (χ1) is 8.70. The van der Waals surface area contributed by atoms with Gasteiger partial charge in [-0.2, -0.15) is 0 Å². The van der Waals surface area contributed by atoms with Crippen molar-refractivity contribution in [3.63, 3.8) is 0 Å². The third kappa shape index (κ3) is 2.77. The van der Waals surface area contributed by atoms with Crippen molar-refractivity contribution >= 4 is 6.29 Å². The molecule has 0 unspecified atom stereocenters. The van der Waals surface area contributed by atoms with Crippen LogP contribution in [0.1, 0.15) is 35.7 Å². The fourth-order valence-electron chi connectivity index (χ4n) is 1.72. The molecule has 2 heteroatoms. The van der Waals surface area contributed by atoms with Crippen LogP contribution >= 0.6 is 0 Å². The summed E-state index contributed by atoms with van der Waals surface area (Å²) < 4.78 is 5.70. The Balaban J connectivity index is 2.21. The normalized spacial score (nSPS) is 10.4. The second-order valence-corrected chi connectivity index (χ2v) is 4.48. The van der Waals surface area contributed by atoms with Gasteiger partial charge in [0.15, 0.2) is 6.29 Å². The van der Waals surface area contributed by atoms with E-state index in [4.69, 9.17) is 4.74 Å². The predicted octanol–water partition coefficient (Wildman–Crippen LogP) is 4.41. The van der Waals surface area contributed by atoms with Crippen LogP contribution < -0.4 is 4.74 Å². The molecule has 0 amide bonds. The lowest BCUT2D eigenvalue weighted by molar-refractivity contribution is 0.112. The quantitative estimate of drug-likeness (QED) is 0.740. The molecule has 92 valence electrons. The zero-order valence-electron chi connectivity index (χ0n) is 10.6. The molecule has 0 aromatic heterocycles. The van der Waals surface area contributed by atoms with E-state index in [0.29, 0.717) is 17.2 Å². The van der Waals surface area contributed by atoms with Crippen LogP contribution in [0, 0.1) is 0 Å². The molecule has 0 spiro atoms. The molecule has 0 aliphatic carbocycles. The van der Waals surface area contributed by atoms with E-state index < -0.39 is 0 Å². The van der Waals surface area contributed by atoms with Gasteiger partial charge in [-0.3, -0.25) is 4.79 Å². The number of carbonyl (C=O) groups is 1. The summed E-state index contributed by atoms with van der Waals surface area (Å²) in [6.45, 7) is 4.30. The minimum Gasteiger partial charge on any atom is -0.457 e. The number of benzene rings is 2. The van der Waals surface area contributed by atoms with E-state index in [0.717, 1.165) is 12.0 Å². The Bertz CT molecular complexity index is 527. The first-order valence-corrected chi connectivity index (χ1v) is 6.02. The van der Waals surface area contributed by atoms with Crippen molar-refractivity contribution in [1.29, 1.82) is 0 Å². The van der Waals surface area contributed by atoms with Gasteiger partial charge in [-0.25, -0.2) is 0 Å². The molecular formula is C16H16O2. The lowest BCUT2D eigenvalue weighted by Crippen LogP contribution is -1.91. The van der Waals surface area contributed by atoms with Crippen LogP contribution in [0.5, 0.6) is 11.5 Å². The van der Waals surface area contributed by atoms with Crippen molar-refractivity contribution < 1.29 is 9.53 Å². The summed E-state index contributed by atoms with van der Waals surface area (Å²) in [5.74, 6) is 1.83. The molecular weight excluding hydrogens is 224 g/mol. The molecule has 2 aromatic carbocycles. The summed E-state index contributed by atoms with van der Waals surface area (Å²) in [5.41, 5.74) is 1.83. The highest BCUT2D eigenvalue weighted by Gasteiger charge is 2.04. The Labute approximate surface area is 107 Å². The van der Waals surface area contributed by atoms with Crippen LogP contribution in [0.3, 0.4) is 0 Å². The Hall–Kier alpha value is -2.09. The average Bonchev–Trinajstić information content (AvgIpc) is 2.40. The van der Waals surface area contributed by atoms with Crippen LogP contribution in [0.4, 0.5) is 0 Å². The number of hydrogen-bond donors (Lipinski definition) is 0. The van der Waals surface area contributed by atoms with E-state index in [1.165, 1.54) is 5.56 Å². The topological polar surface area (TPSA) is 26.3 Å². The molecule has 2 nitrogen and oxygen atoms in total. The Morgan fingerprint density at radius 2 is 1.67 bits per heavy atom. The van der Waals surface area contributed by atoms with Crippen LogP contribution in [0.25, 0.3) is 0 Å². The highest BCUT2D eigenvalue weighted by molar-refractivity contribution is 5.79. The maximum absolute atomic E-state index is 10.9. The summed E-state index contributed by atoms with van der Waals surface area (Å²) in [6.07, 6.45) is 0.803. The molecule has 0 atom stereocenters. The largest absolute Gasteiger partial charge is 0.457 e. The van der Waals surface area contributed by atoms with Crippen LogP contribution in [-0.4, -0.2) is 6.29 Å². The molecule has 2 rings (SSSR count). The zero-order valence-corrected chi connectivity index (χ0v) is 10.6. The van der Waals surface area contributed by atoms with Gasteiger partial charge in [0.2, 0.25) is 0 Å². The monoisotopic (exact) mass is 240 g/mol. The van der Waals surface area contributed by atoms with E-state index in [-0.39, 0.29) is 0 Å². The summed E-state index contributed by atoms with van der Waals surface area (Å²) in [5, 5.41) is 0. The predicted molar refractivity (Wildman–Crippen MR) is 72.4 cm³/mol. The van der Waals surface area contributed by atoms with E-state index in [1.807, 2.05) is 36.4 Å². The van der Waals surface area contributed by atoms with Crippen LogP contribution in [0.15, 0.2) is 48.5 Å². The van der Waals surface area contributed by atoms with Crippen molar-refractivity contribution in [2.45, 2.75) is 19.8 Å². The molecule has 0 N–H and O–H groups in total. The maximum Gasteiger partial charge on any atom is 0.153 e. The van der Waals surface area contributed by atoms with E-state index >= 15 is 0 Å². The fraction of sp³-hybridized carbons (Fsp3) is 0.188. The average molecular weight is 240 g/mol. The van der Waals surface area contributed by atoms with Gasteiger partial charge in [0.25, 0.3) is 0 Å². The molecule has 0 saturated heterocycles. The number of aldehydes is 1. The zero-order chi connectivity index (χ0) is 13.0. The van der Waals surface area contributed by atoms with E-state index in [9.17, 15) is 4.79 Å². The van der Waals surface area contributed by atoms with Gasteiger partial charge in [0.05, 0.1) is 5.56 Å². The SMILES string of the molecule is CC(C)c1ccc(Oc2ccccc2C=O)cc1. The molecule has 2 aromatic rings. The first kappa shape index (κ1) is 12.4.